The zero-order valence-corrected chi connectivity index (χ0v) is 10.6. The number of ether oxygens (including phenoxy) is 1. The first kappa shape index (κ1) is 11.7. The van der Waals surface area contributed by atoms with Gasteiger partial charge in [-0.05, 0) is 26.3 Å². The van der Waals surface area contributed by atoms with E-state index in [2.05, 4.69) is 29.0 Å². The van der Waals surface area contributed by atoms with Gasteiger partial charge in [0.25, 0.3) is 0 Å². The molecule has 2 saturated heterocycles. The predicted octanol–water partition coefficient (Wildman–Crippen LogP) is 0.658. The molecule has 2 fully saturated rings. The van der Waals surface area contributed by atoms with Crippen molar-refractivity contribution in [3.63, 3.8) is 0 Å². The number of thioether (sulfide) groups is 1. The number of hydrogen-bond donors (Lipinski definition) is 1. The van der Waals surface area contributed by atoms with Crippen molar-refractivity contribution in [3.05, 3.63) is 0 Å². The molecule has 4 heteroatoms. The SMILES string of the molecule is CNC1COCC1CN(C)C1CCSC1. The average Bonchev–Trinajstić information content (AvgIpc) is 2.87. The topological polar surface area (TPSA) is 24.5 Å². The van der Waals surface area contributed by atoms with E-state index in [9.17, 15) is 0 Å². The maximum Gasteiger partial charge on any atom is 0.0623 e. The normalized spacial score (nSPS) is 36.6. The highest BCUT2D eigenvalue weighted by molar-refractivity contribution is 7.99. The van der Waals surface area contributed by atoms with Crippen LogP contribution in [0.25, 0.3) is 0 Å². The number of likely N-dealkylation sites (N-methyl/N-ethyl adjacent to an activating group) is 1. The Bertz CT molecular complexity index is 197. The van der Waals surface area contributed by atoms with Gasteiger partial charge in [-0.25, -0.2) is 0 Å². The molecule has 3 nitrogen and oxygen atoms in total. The lowest BCUT2D eigenvalue weighted by atomic mass is 10.0. The third-order valence-electron chi connectivity index (χ3n) is 3.62. The van der Waals surface area contributed by atoms with Gasteiger partial charge in [-0.15, -0.1) is 0 Å². The van der Waals surface area contributed by atoms with Crippen LogP contribution in [-0.4, -0.2) is 62.3 Å². The second kappa shape index (κ2) is 5.53. The molecule has 1 N–H and O–H groups in total. The van der Waals surface area contributed by atoms with Crippen LogP contribution in [0, 0.1) is 5.92 Å². The highest BCUT2D eigenvalue weighted by Gasteiger charge is 2.30. The standard InChI is InChI=1S/C11H22N2OS/c1-12-11-7-14-6-9(11)5-13(2)10-3-4-15-8-10/h9-12H,3-8H2,1-2H3. The Hall–Kier alpha value is 0.230. The van der Waals surface area contributed by atoms with Gasteiger partial charge in [-0.3, -0.25) is 0 Å². The molecule has 2 aliphatic heterocycles. The van der Waals surface area contributed by atoms with E-state index in [-0.39, 0.29) is 0 Å². The smallest absolute Gasteiger partial charge is 0.0623 e. The van der Waals surface area contributed by atoms with Gasteiger partial charge >= 0.3 is 0 Å². The summed E-state index contributed by atoms with van der Waals surface area (Å²) < 4.78 is 5.53. The molecule has 3 unspecified atom stereocenters. The van der Waals surface area contributed by atoms with E-state index in [1.807, 2.05) is 7.05 Å². The van der Waals surface area contributed by atoms with Gasteiger partial charge in [0.1, 0.15) is 0 Å². The second-order valence-electron chi connectivity index (χ2n) is 4.65. The maximum atomic E-state index is 5.53. The van der Waals surface area contributed by atoms with Crippen molar-refractivity contribution in [2.24, 2.45) is 5.92 Å². The number of nitrogens with zero attached hydrogens (tertiary/aromatic N) is 1. The largest absolute Gasteiger partial charge is 0.379 e. The Morgan fingerprint density at radius 1 is 1.47 bits per heavy atom. The van der Waals surface area contributed by atoms with Gasteiger partial charge in [-0.2, -0.15) is 11.8 Å². The van der Waals surface area contributed by atoms with E-state index in [1.165, 1.54) is 24.5 Å². The predicted molar refractivity (Wildman–Crippen MR) is 65.5 cm³/mol. The summed E-state index contributed by atoms with van der Waals surface area (Å²) in [4.78, 5) is 2.53. The van der Waals surface area contributed by atoms with Gasteiger partial charge in [0.05, 0.1) is 13.2 Å². The van der Waals surface area contributed by atoms with Crippen molar-refractivity contribution in [2.45, 2.75) is 18.5 Å². The van der Waals surface area contributed by atoms with Crippen LogP contribution < -0.4 is 5.32 Å². The molecule has 0 radical (unpaired) electrons. The molecule has 0 aromatic rings. The van der Waals surface area contributed by atoms with Crippen molar-refractivity contribution in [3.8, 4) is 0 Å². The summed E-state index contributed by atoms with van der Waals surface area (Å²) in [5.41, 5.74) is 0. The number of rotatable bonds is 4. The lowest BCUT2D eigenvalue weighted by molar-refractivity contribution is 0.164. The molecule has 15 heavy (non-hydrogen) atoms. The van der Waals surface area contributed by atoms with Crippen LogP contribution in [0.15, 0.2) is 0 Å². The van der Waals surface area contributed by atoms with Gasteiger partial charge in [-0.1, -0.05) is 0 Å². The Morgan fingerprint density at radius 2 is 2.33 bits per heavy atom. The van der Waals surface area contributed by atoms with E-state index >= 15 is 0 Å². The summed E-state index contributed by atoms with van der Waals surface area (Å²) in [5.74, 6) is 3.32. The summed E-state index contributed by atoms with van der Waals surface area (Å²) in [7, 11) is 4.30. The number of nitrogens with one attached hydrogen (secondary N) is 1. The minimum atomic E-state index is 0.557. The molecule has 0 aromatic carbocycles. The van der Waals surface area contributed by atoms with Crippen molar-refractivity contribution in [1.29, 1.82) is 0 Å². The van der Waals surface area contributed by atoms with Crippen LogP contribution in [0.1, 0.15) is 6.42 Å². The molecule has 2 aliphatic rings. The molecule has 0 aromatic heterocycles. The fraction of sp³-hybridized carbons (Fsp3) is 1.00. The third-order valence-corrected chi connectivity index (χ3v) is 4.77. The van der Waals surface area contributed by atoms with Gasteiger partial charge in [0.2, 0.25) is 0 Å². The van der Waals surface area contributed by atoms with E-state index in [0.717, 1.165) is 19.3 Å². The lowest BCUT2D eigenvalue weighted by Crippen LogP contribution is -2.42. The zero-order chi connectivity index (χ0) is 10.7. The van der Waals surface area contributed by atoms with Gasteiger partial charge in [0, 0.05) is 30.3 Å². The summed E-state index contributed by atoms with van der Waals surface area (Å²) in [6, 6.07) is 1.36. The quantitative estimate of drug-likeness (QED) is 0.767. The van der Waals surface area contributed by atoms with E-state index in [4.69, 9.17) is 4.74 Å². The summed E-state index contributed by atoms with van der Waals surface area (Å²) in [5, 5.41) is 3.35. The highest BCUT2D eigenvalue weighted by atomic mass is 32.2. The minimum absolute atomic E-state index is 0.557. The van der Waals surface area contributed by atoms with E-state index < -0.39 is 0 Å². The van der Waals surface area contributed by atoms with Crippen LogP contribution >= 0.6 is 11.8 Å². The van der Waals surface area contributed by atoms with Gasteiger partial charge < -0.3 is 15.0 Å². The Kier molecular flexibility index (Phi) is 4.31. The summed E-state index contributed by atoms with van der Waals surface area (Å²) in [6.45, 7) is 2.99. The molecular weight excluding hydrogens is 208 g/mol. The van der Waals surface area contributed by atoms with Crippen molar-refractivity contribution in [2.75, 3.05) is 45.4 Å². The Balaban J connectivity index is 1.79. The maximum absolute atomic E-state index is 5.53. The van der Waals surface area contributed by atoms with Crippen LogP contribution in [0.5, 0.6) is 0 Å². The molecular formula is C11H22N2OS. The Morgan fingerprint density at radius 3 is 3.00 bits per heavy atom. The summed E-state index contributed by atoms with van der Waals surface area (Å²) >= 11 is 2.09. The fourth-order valence-corrected chi connectivity index (χ4v) is 3.78. The monoisotopic (exact) mass is 230 g/mol. The van der Waals surface area contributed by atoms with Gasteiger partial charge in [0.15, 0.2) is 0 Å². The molecule has 0 aliphatic carbocycles. The van der Waals surface area contributed by atoms with Crippen molar-refractivity contribution >= 4 is 11.8 Å². The first-order chi connectivity index (χ1) is 7.31. The molecule has 2 heterocycles. The second-order valence-corrected chi connectivity index (χ2v) is 5.80. The van der Waals surface area contributed by atoms with Crippen LogP contribution in [0.3, 0.4) is 0 Å². The van der Waals surface area contributed by atoms with Crippen LogP contribution in [-0.2, 0) is 4.74 Å². The van der Waals surface area contributed by atoms with E-state index in [1.54, 1.807) is 0 Å². The molecule has 3 atom stereocenters. The van der Waals surface area contributed by atoms with Crippen molar-refractivity contribution in [1.82, 2.24) is 10.2 Å². The molecule has 2 rings (SSSR count). The Labute approximate surface area is 96.9 Å². The van der Waals surface area contributed by atoms with Crippen LogP contribution in [0.4, 0.5) is 0 Å². The number of hydrogen-bond acceptors (Lipinski definition) is 4. The summed E-state index contributed by atoms with van der Waals surface area (Å²) in [6.07, 6.45) is 1.36. The first-order valence-electron chi connectivity index (χ1n) is 5.84. The average molecular weight is 230 g/mol. The molecule has 0 saturated carbocycles. The molecule has 88 valence electrons. The lowest BCUT2D eigenvalue weighted by Gasteiger charge is -2.28. The molecule has 0 spiro atoms. The molecule has 0 amide bonds. The minimum Gasteiger partial charge on any atom is -0.379 e. The van der Waals surface area contributed by atoms with Crippen molar-refractivity contribution < 1.29 is 4.74 Å². The molecule has 0 bridgehead atoms. The third kappa shape index (κ3) is 2.87. The zero-order valence-electron chi connectivity index (χ0n) is 9.74. The fourth-order valence-electron chi connectivity index (χ4n) is 2.49. The highest BCUT2D eigenvalue weighted by Crippen LogP contribution is 2.23. The van der Waals surface area contributed by atoms with Crippen LogP contribution in [0.2, 0.25) is 0 Å². The first-order valence-corrected chi connectivity index (χ1v) is 6.99. The van der Waals surface area contributed by atoms with E-state index in [0.29, 0.717) is 12.0 Å².